The lowest BCUT2D eigenvalue weighted by atomic mass is 9.55. The zero-order chi connectivity index (χ0) is 27.7. The molecule has 2 bridgehead atoms. The predicted octanol–water partition coefficient (Wildman–Crippen LogP) is 5.34. The van der Waals surface area contributed by atoms with Gasteiger partial charge in [0.05, 0.1) is 28.8 Å². The van der Waals surface area contributed by atoms with Gasteiger partial charge in [0.15, 0.2) is 0 Å². The van der Waals surface area contributed by atoms with Crippen LogP contribution in [0.1, 0.15) is 60.4 Å². The Balaban J connectivity index is 1.20. The van der Waals surface area contributed by atoms with Crippen LogP contribution in [0.25, 0.3) is 0 Å². The van der Waals surface area contributed by atoms with Gasteiger partial charge < -0.3 is 10.4 Å². The van der Waals surface area contributed by atoms with Gasteiger partial charge in [-0.3, -0.25) is 14.4 Å². The molecule has 3 amide bonds. The number of hydrogen-bond donors (Lipinski definition) is 2. The van der Waals surface area contributed by atoms with E-state index < -0.39 is 23.7 Å². The first-order valence-corrected chi connectivity index (χ1v) is 13.2. The second-order valence-electron chi connectivity index (χ2n) is 10.6. The van der Waals surface area contributed by atoms with Gasteiger partial charge in [-0.05, 0) is 71.1 Å². The topological polar surface area (TPSA) is 104 Å². The first kappa shape index (κ1) is 24.0. The highest BCUT2D eigenvalue weighted by Gasteiger charge is 2.61. The van der Waals surface area contributed by atoms with Crippen molar-refractivity contribution in [2.45, 2.75) is 18.8 Å². The average molecular weight is 529 g/mol. The lowest BCUT2D eigenvalue weighted by molar-refractivity contribution is -0.122. The molecule has 0 radical (unpaired) electrons. The number of rotatable bonds is 4. The van der Waals surface area contributed by atoms with Gasteiger partial charge in [-0.2, -0.15) is 0 Å². The quantitative estimate of drug-likeness (QED) is 0.348. The molecule has 0 spiro atoms. The molecule has 40 heavy (non-hydrogen) atoms. The number of aryl methyl sites for hydroxylation is 1. The van der Waals surface area contributed by atoms with E-state index in [2.05, 4.69) is 29.6 Å². The van der Waals surface area contributed by atoms with Crippen molar-refractivity contribution in [1.82, 2.24) is 0 Å². The normalized spacial score (nSPS) is 22.0. The first-order chi connectivity index (χ1) is 19.3. The lowest BCUT2D eigenvalue weighted by Crippen LogP contribution is -2.41. The number of hydrogen-bond acceptors (Lipinski definition) is 4. The predicted molar refractivity (Wildman–Crippen MR) is 149 cm³/mol. The van der Waals surface area contributed by atoms with Crippen LogP contribution >= 0.6 is 0 Å². The highest BCUT2D eigenvalue weighted by Crippen LogP contribution is 2.61. The summed E-state index contributed by atoms with van der Waals surface area (Å²) < 4.78 is 0. The fourth-order valence-corrected chi connectivity index (χ4v) is 6.84. The Labute approximate surface area is 230 Å². The van der Waals surface area contributed by atoms with Crippen LogP contribution in [-0.4, -0.2) is 28.8 Å². The summed E-state index contributed by atoms with van der Waals surface area (Å²) in [6.45, 7) is 1.81. The maximum absolute atomic E-state index is 13.9. The van der Waals surface area contributed by atoms with Crippen LogP contribution in [0.2, 0.25) is 0 Å². The molecule has 0 saturated carbocycles. The molecule has 7 heteroatoms. The number of carboxylic acid groups (broad SMARTS) is 1. The Kier molecular flexibility index (Phi) is 5.25. The minimum Gasteiger partial charge on any atom is -0.478 e. The summed E-state index contributed by atoms with van der Waals surface area (Å²) in [5, 5.41) is 12.1. The number of imide groups is 1. The Morgan fingerprint density at radius 2 is 1.23 bits per heavy atom. The van der Waals surface area contributed by atoms with E-state index in [9.17, 15) is 24.3 Å². The molecule has 4 aromatic carbocycles. The largest absolute Gasteiger partial charge is 0.478 e. The third kappa shape index (κ3) is 3.37. The molecule has 1 aliphatic heterocycles. The van der Waals surface area contributed by atoms with E-state index in [1.54, 1.807) is 43.3 Å². The second kappa shape index (κ2) is 8.74. The van der Waals surface area contributed by atoms with Crippen LogP contribution in [0, 0.1) is 18.8 Å². The zero-order valence-electron chi connectivity index (χ0n) is 21.5. The first-order valence-electron chi connectivity index (χ1n) is 13.2. The molecule has 1 saturated heterocycles. The van der Waals surface area contributed by atoms with Crippen molar-refractivity contribution in [3.05, 3.63) is 130 Å². The minimum atomic E-state index is -1.14. The smallest absolute Gasteiger partial charge is 0.337 e. The van der Waals surface area contributed by atoms with Crippen molar-refractivity contribution in [1.29, 1.82) is 0 Å². The Bertz CT molecular complexity index is 1640. The number of nitrogens with zero attached hydrogens (tertiary/aromatic N) is 1. The number of carbonyl (C=O) groups excluding carboxylic acids is 3. The van der Waals surface area contributed by atoms with Crippen molar-refractivity contribution in [2.24, 2.45) is 11.8 Å². The maximum atomic E-state index is 13.9. The number of amides is 3. The van der Waals surface area contributed by atoms with E-state index >= 15 is 0 Å². The van der Waals surface area contributed by atoms with E-state index in [1.807, 2.05) is 24.3 Å². The van der Waals surface area contributed by atoms with Gasteiger partial charge in [-0.15, -0.1) is 0 Å². The summed E-state index contributed by atoms with van der Waals surface area (Å²) in [5.41, 5.74) is 6.13. The standard InChI is InChI=1S/C33H24N2O5/c1-17-10-15-24(33(39)40)25(16-17)34-30(36)18-11-13-19(14-12-18)35-31(37)28-26-20-6-2-3-7-21(20)27(29(28)32(35)38)23-9-5-4-8-22(23)26/h2-16,26-29H,1H3,(H,34,36)(H,39,40)/t26?,27?,28-,29-/m1/s1. The Morgan fingerprint density at radius 3 is 1.70 bits per heavy atom. The number of aromatic carboxylic acids is 1. The van der Waals surface area contributed by atoms with Crippen LogP contribution in [-0.2, 0) is 9.59 Å². The van der Waals surface area contributed by atoms with Gasteiger partial charge in [0.2, 0.25) is 11.8 Å². The molecule has 8 rings (SSSR count). The Morgan fingerprint density at radius 1 is 0.725 bits per heavy atom. The summed E-state index contributed by atoms with van der Waals surface area (Å²) >= 11 is 0. The molecule has 4 aromatic rings. The molecule has 4 aliphatic rings. The van der Waals surface area contributed by atoms with Crippen LogP contribution in [0.4, 0.5) is 11.4 Å². The molecule has 3 aliphatic carbocycles. The van der Waals surface area contributed by atoms with Gasteiger partial charge in [0.25, 0.3) is 5.91 Å². The van der Waals surface area contributed by atoms with E-state index in [0.29, 0.717) is 5.69 Å². The summed E-state index contributed by atoms with van der Waals surface area (Å²) in [6.07, 6.45) is 0. The van der Waals surface area contributed by atoms with Crippen LogP contribution in [0.3, 0.4) is 0 Å². The molecule has 2 atom stereocenters. The molecule has 1 fully saturated rings. The van der Waals surface area contributed by atoms with Crippen LogP contribution in [0.5, 0.6) is 0 Å². The van der Waals surface area contributed by atoms with E-state index in [4.69, 9.17) is 0 Å². The SMILES string of the molecule is Cc1ccc(C(=O)O)c(NC(=O)c2ccc(N3C(=O)[C@@H]4C5c6ccccc6C(c6ccccc65)[C@H]4C3=O)cc2)c1. The van der Waals surface area contributed by atoms with Crippen LogP contribution < -0.4 is 10.2 Å². The van der Waals surface area contributed by atoms with Crippen molar-refractivity contribution in [3.8, 4) is 0 Å². The molecular weight excluding hydrogens is 504 g/mol. The number of benzene rings is 4. The molecule has 196 valence electrons. The van der Waals surface area contributed by atoms with Gasteiger partial charge in [0, 0.05) is 17.4 Å². The van der Waals surface area contributed by atoms with E-state index in [0.717, 1.165) is 27.8 Å². The average Bonchev–Trinajstić information content (AvgIpc) is 3.23. The maximum Gasteiger partial charge on any atom is 0.337 e. The van der Waals surface area contributed by atoms with Gasteiger partial charge in [-0.25, -0.2) is 9.69 Å². The fourth-order valence-electron chi connectivity index (χ4n) is 6.84. The van der Waals surface area contributed by atoms with Crippen LogP contribution in [0.15, 0.2) is 91.0 Å². The minimum absolute atomic E-state index is 0.0111. The lowest BCUT2D eigenvalue weighted by Gasteiger charge is -2.45. The third-order valence-electron chi connectivity index (χ3n) is 8.49. The molecule has 0 unspecified atom stereocenters. The van der Waals surface area contributed by atoms with Crippen molar-refractivity contribution in [2.75, 3.05) is 10.2 Å². The van der Waals surface area contributed by atoms with Crippen molar-refractivity contribution >= 4 is 35.1 Å². The number of carboxylic acids is 1. The Hall–Kier alpha value is -5.04. The van der Waals surface area contributed by atoms with Gasteiger partial charge in [-0.1, -0.05) is 54.6 Å². The van der Waals surface area contributed by atoms with E-state index in [1.165, 1.54) is 11.0 Å². The molecular formula is C33H24N2O5. The molecule has 2 N–H and O–H groups in total. The van der Waals surface area contributed by atoms with Crippen molar-refractivity contribution in [3.63, 3.8) is 0 Å². The highest BCUT2D eigenvalue weighted by atomic mass is 16.4. The second-order valence-corrected chi connectivity index (χ2v) is 10.6. The summed E-state index contributed by atoms with van der Waals surface area (Å²) in [6, 6.07) is 27.2. The summed E-state index contributed by atoms with van der Waals surface area (Å²) in [7, 11) is 0. The van der Waals surface area contributed by atoms with E-state index in [-0.39, 0.29) is 40.5 Å². The zero-order valence-corrected chi connectivity index (χ0v) is 21.5. The monoisotopic (exact) mass is 528 g/mol. The molecule has 0 aromatic heterocycles. The number of carbonyl (C=O) groups is 4. The fraction of sp³-hybridized carbons (Fsp3) is 0.152. The number of anilines is 2. The summed E-state index contributed by atoms with van der Waals surface area (Å²) in [5.74, 6) is -3.43. The highest BCUT2D eigenvalue weighted by molar-refractivity contribution is 6.23. The van der Waals surface area contributed by atoms with Gasteiger partial charge >= 0.3 is 5.97 Å². The molecule has 7 nitrogen and oxygen atoms in total. The van der Waals surface area contributed by atoms with Gasteiger partial charge in [0.1, 0.15) is 0 Å². The third-order valence-corrected chi connectivity index (χ3v) is 8.49. The van der Waals surface area contributed by atoms with Crippen molar-refractivity contribution < 1.29 is 24.3 Å². The summed E-state index contributed by atoms with van der Waals surface area (Å²) in [4.78, 5) is 53.7. The number of nitrogens with one attached hydrogen (secondary N) is 1. The molecule has 1 heterocycles.